The van der Waals surface area contributed by atoms with E-state index in [4.69, 9.17) is 0 Å². The molecule has 1 aromatic heterocycles. The standard InChI is InChI=1S/C20H28N2O/c1-3-20-10-6-12-21-19(20)22-16-8-5-4-7-15(16)18(14(2)13-23)17(22)9-11-20/h4-5,7-8,14,19,21,23H,3,6,9-13H2,1-2H3/t14?,19-,20+/m1/s1. The van der Waals surface area contributed by atoms with Crippen molar-refractivity contribution in [2.75, 3.05) is 13.2 Å². The molecule has 1 fully saturated rings. The number of rotatable bonds is 3. The molecule has 1 unspecified atom stereocenters. The summed E-state index contributed by atoms with van der Waals surface area (Å²) in [6.45, 7) is 5.84. The number of fused-ring (bicyclic) bond motifs is 5. The van der Waals surface area contributed by atoms with Gasteiger partial charge in [0.25, 0.3) is 0 Å². The summed E-state index contributed by atoms with van der Waals surface area (Å²) < 4.78 is 2.59. The van der Waals surface area contributed by atoms with Crippen molar-refractivity contribution in [2.24, 2.45) is 5.41 Å². The van der Waals surface area contributed by atoms with Crippen LogP contribution in [0.5, 0.6) is 0 Å². The molecule has 0 spiro atoms. The minimum Gasteiger partial charge on any atom is -0.396 e. The van der Waals surface area contributed by atoms with Gasteiger partial charge >= 0.3 is 0 Å². The maximum atomic E-state index is 9.77. The third kappa shape index (κ3) is 2.10. The average Bonchev–Trinajstić information content (AvgIpc) is 2.95. The molecule has 0 aliphatic carbocycles. The van der Waals surface area contributed by atoms with E-state index >= 15 is 0 Å². The van der Waals surface area contributed by atoms with Crippen molar-refractivity contribution < 1.29 is 5.11 Å². The highest BCUT2D eigenvalue weighted by Crippen LogP contribution is 2.51. The van der Waals surface area contributed by atoms with Crippen molar-refractivity contribution in [3.8, 4) is 0 Å². The molecule has 0 radical (unpaired) electrons. The van der Waals surface area contributed by atoms with Gasteiger partial charge in [-0.2, -0.15) is 0 Å². The van der Waals surface area contributed by atoms with Gasteiger partial charge in [0.15, 0.2) is 0 Å². The Hall–Kier alpha value is -1.32. The van der Waals surface area contributed by atoms with Crippen molar-refractivity contribution in [1.29, 1.82) is 0 Å². The Morgan fingerprint density at radius 2 is 2.17 bits per heavy atom. The second-order valence-corrected chi connectivity index (χ2v) is 7.51. The van der Waals surface area contributed by atoms with Crippen LogP contribution in [0.25, 0.3) is 10.9 Å². The van der Waals surface area contributed by atoms with Crippen LogP contribution in [0.2, 0.25) is 0 Å². The summed E-state index contributed by atoms with van der Waals surface area (Å²) in [6, 6.07) is 8.77. The number of aromatic nitrogens is 1. The van der Waals surface area contributed by atoms with Crippen molar-refractivity contribution in [2.45, 2.75) is 58.0 Å². The van der Waals surface area contributed by atoms with Crippen LogP contribution in [0.1, 0.15) is 62.9 Å². The highest BCUT2D eigenvalue weighted by Gasteiger charge is 2.45. The van der Waals surface area contributed by atoms with E-state index in [0.29, 0.717) is 11.6 Å². The number of hydrogen-bond donors (Lipinski definition) is 2. The number of nitrogens with one attached hydrogen (secondary N) is 1. The molecule has 2 aliphatic heterocycles. The Kier molecular flexibility index (Phi) is 3.73. The highest BCUT2D eigenvalue weighted by atomic mass is 16.3. The summed E-state index contributed by atoms with van der Waals surface area (Å²) in [5, 5.41) is 14.9. The Labute approximate surface area is 138 Å². The van der Waals surface area contributed by atoms with Crippen molar-refractivity contribution in [3.63, 3.8) is 0 Å². The van der Waals surface area contributed by atoms with Crippen molar-refractivity contribution in [3.05, 3.63) is 35.5 Å². The molecule has 0 amide bonds. The van der Waals surface area contributed by atoms with E-state index in [9.17, 15) is 5.11 Å². The first-order chi connectivity index (χ1) is 11.2. The molecular weight excluding hydrogens is 284 g/mol. The summed E-state index contributed by atoms with van der Waals surface area (Å²) in [6.07, 6.45) is 6.68. The molecule has 4 rings (SSSR count). The molecule has 0 saturated carbocycles. The summed E-state index contributed by atoms with van der Waals surface area (Å²) in [7, 11) is 0. The Balaban J connectivity index is 1.97. The lowest BCUT2D eigenvalue weighted by Gasteiger charge is -2.49. The SMILES string of the molecule is CC[C@@]12CCCN[C@@H]1n1c(c(C(C)CO)c3ccccc31)CC2. The molecule has 1 aromatic carbocycles. The van der Waals surface area contributed by atoms with E-state index in [1.807, 2.05) is 0 Å². The van der Waals surface area contributed by atoms with Crippen LogP contribution in [-0.2, 0) is 6.42 Å². The van der Waals surface area contributed by atoms with Crippen LogP contribution in [0.3, 0.4) is 0 Å². The van der Waals surface area contributed by atoms with Gasteiger partial charge in [-0.05, 0) is 50.3 Å². The Bertz CT molecular complexity index is 720. The summed E-state index contributed by atoms with van der Waals surface area (Å²) in [5.41, 5.74) is 4.57. The number of aliphatic hydroxyl groups is 1. The fourth-order valence-electron chi connectivity index (χ4n) is 5.11. The van der Waals surface area contributed by atoms with Crippen molar-refractivity contribution in [1.82, 2.24) is 9.88 Å². The molecule has 2 aliphatic rings. The van der Waals surface area contributed by atoms with E-state index < -0.39 is 0 Å². The molecule has 1 saturated heterocycles. The van der Waals surface area contributed by atoms with Crippen LogP contribution >= 0.6 is 0 Å². The fraction of sp³-hybridized carbons (Fsp3) is 0.600. The molecular formula is C20H28N2O. The zero-order valence-corrected chi connectivity index (χ0v) is 14.3. The topological polar surface area (TPSA) is 37.2 Å². The average molecular weight is 312 g/mol. The first-order valence-corrected chi connectivity index (χ1v) is 9.18. The number of piperidine rings is 1. The molecule has 23 heavy (non-hydrogen) atoms. The lowest BCUT2D eigenvalue weighted by atomic mass is 9.69. The lowest BCUT2D eigenvalue weighted by Crippen LogP contribution is -2.49. The van der Waals surface area contributed by atoms with E-state index in [2.05, 4.69) is 48.0 Å². The third-order valence-electron chi connectivity index (χ3n) is 6.41. The minimum absolute atomic E-state index is 0.203. The van der Waals surface area contributed by atoms with Gasteiger partial charge in [0, 0.05) is 34.5 Å². The fourth-order valence-corrected chi connectivity index (χ4v) is 5.11. The monoisotopic (exact) mass is 312 g/mol. The van der Waals surface area contributed by atoms with Gasteiger partial charge in [0.05, 0.1) is 6.17 Å². The summed E-state index contributed by atoms with van der Waals surface area (Å²) in [4.78, 5) is 0. The maximum absolute atomic E-state index is 9.77. The smallest absolute Gasteiger partial charge is 0.0899 e. The molecule has 2 N–H and O–H groups in total. The van der Waals surface area contributed by atoms with E-state index in [-0.39, 0.29) is 12.5 Å². The van der Waals surface area contributed by atoms with Gasteiger partial charge in [-0.25, -0.2) is 0 Å². The first kappa shape index (κ1) is 15.2. The number of hydrogen-bond acceptors (Lipinski definition) is 2. The molecule has 124 valence electrons. The number of para-hydroxylation sites is 1. The second kappa shape index (κ2) is 5.64. The van der Waals surface area contributed by atoms with Crippen LogP contribution in [0.15, 0.2) is 24.3 Å². The molecule has 0 bridgehead atoms. The first-order valence-electron chi connectivity index (χ1n) is 9.18. The normalized spacial score (nSPS) is 28.4. The van der Waals surface area contributed by atoms with Gasteiger partial charge in [-0.3, -0.25) is 5.32 Å². The van der Waals surface area contributed by atoms with Gasteiger partial charge in [0.2, 0.25) is 0 Å². The van der Waals surface area contributed by atoms with Crippen LogP contribution in [0, 0.1) is 5.41 Å². The molecule has 3 heterocycles. The zero-order valence-electron chi connectivity index (χ0n) is 14.3. The molecule has 2 aromatic rings. The van der Waals surface area contributed by atoms with Crippen LogP contribution < -0.4 is 5.32 Å². The van der Waals surface area contributed by atoms with Gasteiger partial charge < -0.3 is 9.67 Å². The predicted molar refractivity (Wildman–Crippen MR) is 94.8 cm³/mol. The van der Waals surface area contributed by atoms with Gasteiger partial charge in [-0.1, -0.05) is 32.0 Å². The van der Waals surface area contributed by atoms with E-state index in [0.717, 1.165) is 13.0 Å². The number of benzene rings is 1. The highest BCUT2D eigenvalue weighted by molar-refractivity contribution is 5.86. The summed E-state index contributed by atoms with van der Waals surface area (Å²) in [5.74, 6) is 0.203. The molecule has 3 nitrogen and oxygen atoms in total. The largest absolute Gasteiger partial charge is 0.396 e. The Morgan fingerprint density at radius 1 is 1.35 bits per heavy atom. The number of aliphatic hydroxyl groups excluding tert-OH is 1. The van der Waals surface area contributed by atoms with E-state index in [1.54, 1.807) is 0 Å². The second-order valence-electron chi connectivity index (χ2n) is 7.51. The van der Waals surface area contributed by atoms with Crippen molar-refractivity contribution >= 4 is 10.9 Å². The van der Waals surface area contributed by atoms with Crippen LogP contribution in [-0.4, -0.2) is 22.8 Å². The Morgan fingerprint density at radius 3 is 2.96 bits per heavy atom. The van der Waals surface area contributed by atoms with Gasteiger partial charge in [0.1, 0.15) is 0 Å². The molecule has 3 atom stereocenters. The van der Waals surface area contributed by atoms with Crippen LogP contribution in [0.4, 0.5) is 0 Å². The quantitative estimate of drug-likeness (QED) is 0.900. The minimum atomic E-state index is 0.203. The summed E-state index contributed by atoms with van der Waals surface area (Å²) >= 11 is 0. The molecule has 3 heteroatoms. The predicted octanol–water partition coefficient (Wildman–Crippen LogP) is 3.96. The number of nitrogens with zero attached hydrogens (tertiary/aromatic N) is 1. The third-order valence-corrected chi connectivity index (χ3v) is 6.41. The lowest BCUT2D eigenvalue weighted by molar-refractivity contribution is 0.0529. The van der Waals surface area contributed by atoms with Gasteiger partial charge in [-0.15, -0.1) is 0 Å². The zero-order chi connectivity index (χ0) is 16.0. The van der Waals surface area contributed by atoms with E-state index in [1.165, 1.54) is 47.8 Å². The maximum Gasteiger partial charge on any atom is 0.0899 e.